The van der Waals surface area contributed by atoms with Crippen LogP contribution < -0.4 is 10.1 Å². The van der Waals surface area contributed by atoms with Gasteiger partial charge < -0.3 is 10.1 Å². The Bertz CT molecular complexity index is 636. The second-order valence-corrected chi connectivity index (χ2v) is 5.09. The molecule has 18 heavy (non-hydrogen) atoms. The molecule has 0 radical (unpaired) electrons. The van der Waals surface area contributed by atoms with Gasteiger partial charge in [0.05, 0.1) is 16.8 Å². The van der Waals surface area contributed by atoms with E-state index in [1.165, 1.54) is 18.3 Å². The molecule has 1 amide bonds. The van der Waals surface area contributed by atoms with Crippen molar-refractivity contribution in [3.8, 4) is 16.2 Å². The number of rotatable bonds is 1. The number of nitrogens with one attached hydrogen (secondary N) is 1. The van der Waals surface area contributed by atoms with E-state index < -0.39 is 0 Å². The van der Waals surface area contributed by atoms with Crippen molar-refractivity contribution in [3.63, 3.8) is 0 Å². The van der Waals surface area contributed by atoms with Crippen molar-refractivity contribution in [3.05, 3.63) is 23.7 Å². The van der Waals surface area contributed by atoms with Gasteiger partial charge in [0.15, 0.2) is 5.13 Å². The molecule has 6 heteroatoms. The fourth-order valence-corrected chi connectivity index (χ4v) is 2.89. The quantitative estimate of drug-likeness (QED) is 0.856. The number of nitrogens with zero attached hydrogens (tertiary/aromatic N) is 2. The summed E-state index contributed by atoms with van der Waals surface area (Å²) in [5, 5.41) is 3.31. The van der Waals surface area contributed by atoms with Crippen molar-refractivity contribution in [1.29, 1.82) is 0 Å². The predicted octanol–water partition coefficient (Wildman–Crippen LogP) is 2.36. The highest BCUT2D eigenvalue weighted by Crippen LogP contribution is 2.42. The van der Waals surface area contributed by atoms with E-state index in [4.69, 9.17) is 4.74 Å². The average molecular weight is 261 g/mol. The van der Waals surface area contributed by atoms with Crippen LogP contribution in [0.2, 0.25) is 0 Å². The molecular weight excluding hydrogens is 250 g/mol. The number of fused-ring (bicyclic) bond motifs is 3. The summed E-state index contributed by atoms with van der Waals surface area (Å²) in [7, 11) is 0. The van der Waals surface area contributed by atoms with E-state index in [0.717, 1.165) is 27.6 Å². The Kier molecular flexibility index (Phi) is 2.52. The molecule has 1 aliphatic rings. The Labute approximate surface area is 108 Å². The smallest absolute Gasteiger partial charge is 0.223 e. The van der Waals surface area contributed by atoms with E-state index in [0.29, 0.717) is 11.7 Å². The molecule has 2 aromatic heterocycles. The third-order valence-electron chi connectivity index (χ3n) is 2.59. The van der Waals surface area contributed by atoms with Gasteiger partial charge in [0, 0.05) is 18.2 Å². The summed E-state index contributed by atoms with van der Waals surface area (Å²) in [6, 6.07) is 1.98. The predicted molar refractivity (Wildman–Crippen MR) is 68.7 cm³/mol. The number of carbonyl (C=O) groups is 1. The highest BCUT2D eigenvalue weighted by atomic mass is 32.1. The highest BCUT2D eigenvalue weighted by molar-refractivity contribution is 7.19. The third kappa shape index (κ3) is 1.84. The number of hydrogen-bond acceptors (Lipinski definition) is 5. The van der Waals surface area contributed by atoms with Gasteiger partial charge in [0.1, 0.15) is 12.4 Å². The molecule has 0 fully saturated rings. The zero-order valence-electron chi connectivity index (χ0n) is 9.98. The lowest BCUT2D eigenvalue weighted by Crippen LogP contribution is -2.07. The fraction of sp³-hybridized carbons (Fsp3) is 0.250. The van der Waals surface area contributed by atoms with Crippen molar-refractivity contribution in [2.75, 3.05) is 5.32 Å². The molecule has 0 aromatic carbocycles. The van der Waals surface area contributed by atoms with Gasteiger partial charge in [-0.1, -0.05) is 11.3 Å². The number of aromatic nitrogens is 2. The lowest BCUT2D eigenvalue weighted by molar-refractivity contribution is -0.114. The largest absolute Gasteiger partial charge is 0.485 e. The molecule has 0 spiro atoms. The number of pyridine rings is 1. The van der Waals surface area contributed by atoms with Gasteiger partial charge >= 0.3 is 0 Å². The molecular formula is C12H11N3O2S. The van der Waals surface area contributed by atoms with Crippen LogP contribution in [0.5, 0.6) is 5.75 Å². The molecule has 1 aliphatic heterocycles. The minimum Gasteiger partial charge on any atom is -0.485 e. The van der Waals surface area contributed by atoms with E-state index >= 15 is 0 Å². The van der Waals surface area contributed by atoms with Crippen LogP contribution in [0.3, 0.4) is 0 Å². The van der Waals surface area contributed by atoms with Gasteiger partial charge in [-0.15, -0.1) is 0 Å². The van der Waals surface area contributed by atoms with E-state index in [1.807, 2.05) is 13.0 Å². The number of aryl methyl sites for hydroxylation is 1. The van der Waals surface area contributed by atoms with Gasteiger partial charge in [0.25, 0.3) is 0 Å². The number of amides is 1. The van der Waals surface area contributed by atoms with Crippen LogP contribution in [0, 0.1) is 6.92 Å². The molecule has 5 nitrogen and oxygen atoms in total. The summed E-state index contributed by atoms with van der Waals surface area (Å²) >= 11 is 1.46. The summed E-state index contributed by atoms with van der Waals surface area (Å²) in [4.78, 5) is 20.7. The van der Waals surface area contributed by atoms with Gasteiger partial charge in [-0.25, -0.2) is 4.98 Å². The fourth-order valence-electron chi connectivity index (χ4n) is 1.85. The Morgan fingerprint density at radius 3 is 3.17 bits per heavy atom. The maximum absolute atomic E-state index is 11.0. The van der Waals surface area contributed by atoms with Crippen molar-refractivity contribution in [1.82, 2.24) is 9.97 Å². The second kappa shape index (κ2) is 4.06. The van der Waals surface area contributed by atoms with Crippen LogP contribution in [0.4, 0.5) is 5.13 Å². The van der Waals surface area contributed by atoms with Gasteiger partial charge in [0.2, 0.25) is 5.91 Å². The highest BCUT2D eigenvalue weighted by Gasteiger charge is 2.22. The number of ether oxygens (including phenoxy) is 1. The first-order valence-electron chi connectivity index (χ1n) is 5.50. The van der Waals surface area contributed by atoms with Crippen LogP contribution >= 0.6 is 11.3 Å². The van der Waals surface area contributed by atoms with Gasteiger partial charge in [-0.05, 0) is 13.0 Å². The molecule has 0 unspecified atom stereocenters. The van der Waals surface area contributed by atoms with E-state index in [1.54, 1.807) is 6.20 Å². The minimum atomic E-state index is -0.117. The molecule has 0 saturated heterocycles. The van der Waals surface area contributed by atoms with Crippen LogP contribution in [0.1, 0.15) is 18.3 Å². The van der Waals surface area contributed by atoms with Gasteiger partial charge in [-0.2, -0.15) is 0 Å². The third-order valence-corrected chi connectivity index (χ3v) is 3.64. The summed E-state index contributed by atoms with van der Waals surface area (Å²) in [6.07, 6.45) is 1.73. The van der Waals surface area contributed by atoms with E-state index in [-0.39, 0.29) is 5.91 Å². The molecule has 3 heterocycles. The topological polar surface area (TPSA) is 64.1 Å². The first kappa shape index (κ1) is 11.2. The second-order valence-electron chi connectivity index (χ2n) is 4.09. The normalized spacial score (nSPS) is 12.3. The maximum Gasteiger partial charge on any atom is 0.223 e. The molecule has 3 rings (SSSR count). The summed E-state index contributed by atoms with van der Waals surface area (Å²) < 4.78 is 5.59. The molecule has 1 N–H and O–H groups in total. The first-order chi connectivity index (χ1) is 8.63. The van der Waals surface area contributed by atoms with E-state index in [2.05, 4.69) is 15.3 Å². The Morgan fingerprint density at radius 1 is 1.56 bits per heavy atom. The lowest BCUT2D eigenvalue weighted by Gasteiger charge is -2.15. The van der Waals surface area contributed by atoms with Crippen molar-refractivity contribution in [2.45, 2.75) is 20.5 Å². The van der Waals surface area contributed by atoms with Crippen LogP contribution in [0.25, 0.3) is 10.4 Å². The summed E-state index contributed by atoms with van der Waals surface area (Å²) in [5.74, 6) is 0.652. The first-order valence-corrected chi connectivity index (χ1v) is 6.32. The van der Waals surface area contributed by atoms with Crippen LogP contribution in [-0.4, -0.2) is 15.9 Å². The zero-order chi connectivity index (χ0) is 12.7. The molecule has 0 atom stereocenters. The Balaban J connectivity index is 2.08. The molecule has 0 saturated carbocycles. The zero-order valence-corrected chi connectivity index (χ0v) is 10.8. The van der Waals surface area contributed by atoms with Crippen molar-refractivity contribution in [2.24, 2.45) is 0 Å². The molecule has 92 valence electrons. The minimum absolute atomic E-state index is 0.117. The molecule has 0 bridgehead atoms. The number of hydrogen-bond donors (Lipinski definition) is 1. The van der Waals surface area contributed by atoms with Crippen molar-refractivity contribution < 1.29 is 9.53 Å². The average Bonchev–Trinajstić information content (AvgIpc) is 2.70. The number of carbonyl (C=O) groups excluding carboxylic acids is 1. The number of thiazole rings is 1. The Hall–Kier alpha value is -1.95. The Morgan fingerprint density at radius 2 is 2.39 bits per heavy atom. The summed E-state index contributed by atoms with van der Waals surface area (Å²) in [6.45, 7) is 3.83. The maximum atomic E-state index is 11.0. The summed E-state index contributed by atoms with van der Waals surface area (Å²) in [5.41, 5.74) is 2.79. The molecule has 0 aliphatic carbocycles. The standard InChI is InChI=1S/C12H11N3O2S/c1-6-3-8-10(4-13-6)17-5-9-11(8)18-12(15-9)14-7(2)16/h3-4H,5H2,1-2H3,(H,14,15,16). The SMILES string of the molecule is CC(=O)Nc1nc2c(s1)-c1cc(C)ncc1OC2. The van der Waals surface area contributed by atoms with Crippen molar-refractivity contribution >= 4 is 22.4 Å². The van der Waals surface area contributed by atoms with E-state index in [9.17, 15) is 4.79 Å². The molecule has 2 aromatic rings. The van der Waals surface area contributed by atoms with Crippen LogP contribution in [-0.2, 0) is 11.4 Å². The number of anilines is 1. The monoisotopic (exact) mass is 261 g/mol. The lowest BCUT2D eigenvalue weighted by atomic mass is 10.1. The van der Waals surface area contributed by atoms with Gasteiger partial charge in [-0.3, -0.25) is 9.78 Å². The van der Waals surface area contributed by atoms with Crippen LogP contribution in [0.15, 0.2) is 12.3 Å².